The predicted molar refractivity (Wildman–Crippen MR) is 175 cm³/mol. The maximum Gasteiger partial charge on any atom is 0.223 e. The summed E-state index contributed by atoms with van der Waals surface area (Å²) >= 11 is 0. The molecule has 0 atom stereocenters. The van der Waals surface area contributed by atoms with Crippen LogP contribution in [0, 0.1) is 5.92 Å². The van der Waals surface area contributed by atoms with Crippen LogP contribution in [0.15, 0.2) is 72.8 Å². The van der Waals surface area contributed by atoms with Gasteiger partial charge in [-0.25, -0.2) is 0 Å². The highest BCUT2D eigenvalue weighted by atomic mass is 16.5. The van der Waals surface area contributed by atoms with Crippen LogP contribution in [0.3, 0.4) is 0 Å². The van der Waals surface area contributed by atoms with E-state index in [4.69, 9.17) is 15.2 Å². The summed E-state index contributed by atoms with van der Waals surface area (Å²) < 4.78 is 11.8. The first-order chi connectivity index (χ1) is 20.9. The van der Waals surface area contributed by atoms with Crippen LogP contribution in [-0.4, -0.2) is 74.2 Å². The van der Waals surface area contributed by atoms with Crippen molar-refractivity contribution in [3.63, 3.8) is 0 Å². The summed E-state index contributed by atoms with van der Waals surface area (Å²) in [5.74, 6) is 2.32. The summed E-state index contributed by atoms with van der Waals surface area (Å²) in [4.78, 5) is 19.9. The van der Waals surface area contributed by atoms with E-state index >= 15 is 0 Å². The fraction of sp³-hybridized carbons (Fsp3) is 0.457. The number of carbonyl (C=O) groups is 1. The first-order valence-electron chi connectivity index (χ1n) is 15.7. The standard InChI is InChI=1S/C35H47N5O3/c1-27(2)25-43-34-24-30(8-13-33(34)36)37-29-14-18-40(19-15-29)35(41)16-17-38-20-22-39(23-21-38)31-9-11-32(12-10-31)42-26-28-6-4-3-5-7-28/h3-13,24,27,29,37H,14-23,25-26,36H2,1-2H3. The van der Waals surface area contributed by atoms with Gasteiger partial charge in [0.2, 0.25) is 5.91 Å². The molecule has 2 heterocycles. The maximum atomic E-state index is 13.0. The third-order valence-corrected chi connectivity index (χ3v) is 8.27. The fourth-order valence-electron chi connectivity index (χ4n) is 5.65. The summed E-state index contributed by atoms with van der Waals surface area (Å²) in [6.45, 7) is 11.7. The van der Waals surface area contributed by atoms with Crippen molar-refractivity contribution in [2.75, 3.05) is 68.4 Å². The molecule has 2 aliphatic rings. The summed E-state index contributed by atoms with van der Waals surface area (Å²) in [7, 11) is 0. The molecule has 43 heavy (non-hydrogen) atoms. The fourth-order valence-corrected chi connectivity index (χ4v) is 5.65. The van der Waals surface area contributed by atoms with Crippen molar-refractivity contribution >= 4 is 23.0 Å². The zero-order chi connectivity index (χ0) is 30.0. The molecule has 0 bridgehead atoms. The first-order valence-corrected chi connectivity index (χ1v) is 15.7. The molecule has 3 aromatic carbocycles. The van der Waals surface area contributed by atoms with E-state index in [0.29, 0.717) is 37.3 Å². The van der Waals surface area contributed by atoms with Crippen LogP contribution in [0.25, 0.3) is 0 Å². The zero-order valence-corrected chi connectivity index (χ0v) is 25.7. The normalized spacial score (nSPS) is 16.3. The largest absolute Gasteiger partial charge is 0.491 e. The van der Waals surface area contributed by atoms with E-state index < -0.39 is 0 Å². The van der Waals surface area contributed by atoms with E-state index in [1.54, 1.807) is 0 Å². The summed E-state index contributed by atoms with van der Waals surface area (Å²) in [5, 5.41) is 3.62. The van der Waals surface area contributed by atoms with Gasteiger partial charge in [0.15, 0.2) is 0 Å². The molecule has 230 valence electrons. The molecule has 5 rings (SSSR count). The lowest BCUT2D eigenvalue weighted by Gasteiger charge is -2.37. The maximum absolute atomic E-state index is 13.0. The number of likely N-dealkylation sites (tertiary alicyclic amines) is 1. The van der Waals surface area contributed by atoms with E-state index in [9.17, 15) is 4.79 Å². The van der Waals surface area contributed by atoms with E-state index in [1.807, 2.05) is 41.3 Å². The van der Waals surface area contributed by atoms with Gasteiger partial charge in [-0.2, -0.15) is 0 Å². The minimum absolute atomic E-state index is 0.267. The second-order valence-electron chi connectivity index (χ2n) is 12.1. The van der Waals surface area contributed by atoms with Crippen molar-refractivity contribution < 1.29 is 14.3 Å². The Morgan fingerprint density at radius 2 is 1.63 bits per heavy atom. The Bertz CT molecular complexity index is 1280. The Labute approximate surface area is 256 Å². The van der Waals surface area contributed by atoms with Crippen molar-refractivity contribution in [1.29, 1.82) is 0 Å². The summed E-state index contributed by atoms with van der Waals surface area (Å²) in [6, 6.07) is 24.9. The third-order valence-electron chi connectivity index (χ3n) is 8.27. The van der Waals surface area contributed by atoms with Crippen molar-refractivity contribution in [2.45, 2.75) is 45.8 Å². The number of rotatable bonds is 12. The van der Waals surface area contributed by atoms with Crippen LogP contribution < -0.4 is 25.4 Å². The quantitative estimate of drug-likeness (QED) is 0.272. The number of nitrogen functional groups attached to an aromatic ring is 1. The van der Waals surface area contributed by atoms with Crippen LogP contribution in [0.4, 0.5) is 17.1 Å². The molecule has 2 fully saturated rings. The zero-order valence-electron chi connectivity index (χ0n) is 25.7. The molecule has 0 aliphatic carbocycles. The van der Waals surface area contributed by atoms with E-state index in [2.05, 4.69) is 65.4 Å². The Morgan fingerprint density at radius 1 is 0.907 bits per heavy atom. The van der Waals surface area contributed by atoms with Gasteiger partial charge < -0.3 is 30.3 Å². The average Bonchev–Trinajstić information content (AvgIpc) is 3.04. The number of piperazine rings is 1. The molecule has 0 spiro atoms. The second kappa shape index (κ2) is 15.0. The van der Waals surface area contributed by atoms with Crippen molar-refractivity contribution in [2.24, 2.45) is 5.92 Å². The number of nitrogens with two attached hydrogens (primary N) is 1. The van der Waals surface area contributed by atoms with Crippen molar-refractivity contribution in [3.05, 3.63) is 78.4 Å². The number of hydrogen-bond acceptors (Lipinski definition) is 7. The van der Waals surface area contributed by atoms with Crippen LogP contribution in [-0.2, 0) is 11.4 Å². The van der Waals surface area contributed by atoms with Crippen LogP contribution in [0.5, 0.6) is 11.5 Å². The average molecular weight is 586 g/mol. The molecule has 3 N–H and O–H groups in total. The number of piperidine rings is 1. The van der Waals surface area contributed by atoms with E-state index in [0.717, 1.165) is 75.8 Å². The molecule has 0 saturated carbocycles. The number of hydrogen-bond donors (Lipinski definition) is 2. The molecule has 1 amide bonds. The predicted octanol–water partition coefficient (Wildman–Crippen LogP) is 5.50. The topological polar surface area (TPSA) is 83.3 Å². The third kappa shape index (κ3) is 9.04. The van der Waals surface area contributed by atoms with Gasteiger partial charge in [-0.1, -0.05) is 44.2 Å². The summed E-state index contributed by atoms with van der Waals surface area (Å²) in [6.07, 6.45) is 2.46. The van der Waals surface area contributed by atoms with E-state index in [1.165, 1.54) is 11.3 Å². The molecule has 0 aromatic heterocycles. The monoisotopic (exact) mass is 585 g/mol. The first kappa shape index (κ1) is 30.5. The van der Waals surface area contributed by atoms with E-state index in [-0.39, 0.29) is 5.91 Å². The van der Waals surface area contributed by atoms with Gasteiger partial charge in [0.05, 0.1) is 12.3 Å². The number of carbonyl (C=O) groups excluding carboxylic acids is 1. The molecule has 0 unspecified atom stereocenters. The number of nitrogens with one attached hydrogen (secondary N) is 1. The molecular weight excluding hydrogens is 538 g/mol. The molecule has 0 radical (unpaired) electrons. The highest BCUT2D eigenvalue weighted by molar-refractivity contribution is 5.76. The molecule has 2 aliphatic heterocycles. The van der Waals surface area contributed by atoms with Gasteiger partial charge in [0, 0.05) is 75.7 Å². The van der Waals surface area contributed by atoms with Gasteiger partial charge >= 0.3 is 0 Å². The van der Waals surface area contributed by atoms with Crippen LogP contribution >= 0.6 is 0 Å². The van der Waals surface area contributed by atoms with Gasteiger partial charge in [-0.05, 0) is 60.7 Å². The smallest absolute Gasteiger partial charge is 0.223 e. The Kier molecular flexibility index (Phi) is 10.7. The minimum Gasteiger partial charge on any atom is -0.491 e. The lowest BCUT2D eigenvalue weighted by atomic mass is 10.0. The number of anilines is 3. The van der Waals surface area contributed by atoms with Gasteiger partial charge in [0.1, 0.15) is 18.1 Å². The lowest BCUT2D eigenvalue weighted by Crippen LogP contribution is -2.48. The highest BCUT2D eigenvalue weighted by Crippen LogP contribution is 2.28. The minimum atomic E-state index is 0.267. The number of amides is 1. The SMILES string of the molecule is CC(C)COc1cc(NC2CCN(C(=O)CCN3CCN(c4ccc(OCc5ccccc5)cc4)CC3)CC2)ccc1N. The van der Waals surface area contributed by atoms with Gasteiger partial charge in [-0.15, -0.1) is 0 Å². The van der Waals surface area contributed by atoms with Crippen LogP contribution in [0.2, 0.25) is 0 Å². The molecule has 3 aromatic rings. The number of nitrogens with zero attached hydrogens (tertiary/aromatic N) is 3. The van der Waals surface area contributed by atoms with Gasteiger partial charge in [-0.3, -0.25) is 9.69 Å². The van der Waals surface area contributed by atoms with Crippen molar-refractivity contribution in [1.82, 2.24) is 9.80 Å². The molecule has 8 nitrogen and oxygen atoms in total. The van der Waals surface area contributed by atoms with Gasteiger partial charge in [0.25, 0.3) is 0 Å². The Hall–Kier alpha value is -3.91. The summed E-state index contributed by atoms with van der Waals surface area (Å²) in [5.41, 5.74) is 10.2. The Balaban J connectivity index is 0.985. The van der Waals surface area contributed by atoms with Crippen molar-refractivity contribution in [3.8, 4) is 11.5 Å². The van der Waals surface area contributed by atoms with Crippen LogP contribution in [0.1, 0.15) is 38.7 Å². The second-order valence-corrected chi connectivity index (χ2v) is 12.1. The molecular formula is C35H47N5O3. The number of benzene rings is 3. The molecule has 8 heteroatoms. The number of ether oxygens (including phenoxy) is 2. The Morgan fingerprint density at radius 3 is 2.33 bits per heavy atom. The molecule has 2 saturated heterocycles. The lowest BCUT2D eigenvalue weighted by molar-refractivity contribution is -0.132. The highest BCUT2D eigenvalue weighted by Gasteiger charge is 2.24.